The third-order valence-corrected chi connectivity index (χ3v) is 3.51. The maximum absolute atomic E-state index is 5.68. The molecule has 0 heterocycles. The number of anilines is 1. The second kappa shape index (κ2) is 9.78. The van der Waals surface area contributed by atoms with Gasteiger partial charge in [-0.1, -0.05) is 32.4 Å². The molecule has 0 saturated carbocycles. The van der Waals surface area contributed by atoms with Crippen molar-refractivity contribution in [2.24, 2.45) is 0 Å². The quantitative estimate of drug-likeness (QED) is 0.606. The lowest BCUT2D eigenvalue weighted by Crippen LogP contribution is -2.00. The molecule has 0 unspecified atom stereocenters. The number of benzene rings is 2. The van der Waals surface area contributed by atoms with E-state index in [9.17, 15) is 0 Å². The number of rotatable bonds is 10. The predicted molar refractivity (Wildman–Crippen MR) is 96.4 cm³/mol. The molecule has 0 fully saturated rings. The summed E-state index contributed by atoms with van der Waals surface area (Å²) in [6, 6.07) is 16.4. The maximum Gasteiger partial charge on any atom is 0.119 e. The van der Waals surface area contributed by atoms with E-state index in [4.69, 9.17) is 9.47 Å². The van der Waals surface area contributed by atoms with Gasteiger partial charge in [0.1, 0.15) is 11.5 Å². The fourth-order valence-corrected chi connectivity index (χ4v) is 2.13. The average Bonchev–Trinajstić information content (AvgIpc) is 2.60. The van der Waals surface area contributed by atoms with E-state index in [0.29, 0.717) is 0 Å². The highest BCUT2D eigenvalue weighted by Crippen LogP contribution is 2.18. The average molecular weight is 313 g/mol. The number of ether oxygens (including phenoxy) is 2. The number of unbranched alkanes of at least 4 members (excludes halogenated alkanes) is 1. The van der Waals surface area contributed by atoms with Crippen molar-refractivity contribution in [2.75, 3.05) is 18.5 Å². The molecule has 0 aromatic heterocycles. The molecule has 0 amide bonds. The van der Waals surface area contributed by atoms with Gasteiger partial charge in [0.15, 0.2) is 0 Å². The van der Waals surface area contributed by atoms with Crippen LogP contribution in [0.2, 0.25) is 0 Å². The molecule has 2 aromatic carbocycles. The van der Waals surface area contributed by atoms with Gasteiger partial charge < -0.3 is 14.8 Å². The lowest BCUT2D eigenvalue weighted by atomic mass is 10.2. The number of nitrogens with one attached hydrogen (secondary N) is 1. The molecule has 3 heteroatoms. The van der Waals surface area contributed by atoms with Crippen LogP contribution < -0.4 is 14.8 Å². The monoisotopic (exact) mass is 313 g/mol. The zero-order valence-corrected chi connectivity index (χ0v) is 14.2. The van der Waals surface area contributed by atoms with Gasteiger partial charge in [0.25, 0.3) is 0 Å². The summed E-state index contributed by atoms with van der Waals surface area (Å²) in [5.41, 5.74) is 2.33. The summed E-state index contributed by atoms with van der Waals surface area (Å²) in [7, 11) is 0. The van der Waals surface area contributed by atoms with Crippen LogP contribution in [0, 0.1) is 0 Å². The first kappa shape index (κ1) is 17.2. The SMILES string of the molecule is CCCCOc1ccc(CNc2ccc(OCCC)cc2)cc1. The Hall–Kier alpha value is -2.16. The molecule has 124 valence electrons. The topological polar surface area (TPSA) is 30.5 Å². The molecule has 0 radical (unpaired) electrons. The molecular weight excluding hydrogens is 286 g/mol. The molecular formula is C20H27NO2. The Kier molecular flexibility index (Phi) is 7.31. The van der Waals surface area contributed by atoms with Gasteiger partial charge in [-0.15, -0.1) is 0 Å². The number of hydrogen-bond acceptors (Lipinski definition) is 3. The summed E-state index contributed by atoms with van der Waals surface area (Å²) in [5.74, 6) is 1.87. The van der Waals surface area contributed by atoms with Crippen LogP contribution in [0.5, 0.6) is 11.5 Å². The Bertz CT molecular complexity index is 549. The van der Waals surface area contributed by atoms with Crippen molar-refractivity contribution < 1.29 is 9.47 Å². The molecule has 0 aliphatic rings. The Labute approximate surface area is 139 Å². The highest BCUT2D eigenvalue weighted by atomic mass is 16.5. The first-order valence-electron chi connectivity index (χ1n) is 8.50. The van der Waals surface area contributed by atoms with Crippen LogP contribution in [0.1, 0.15) is 38.7 Å². The second-order valence-corrected chi connectivity index (χ2v) is 5.57. The lowest BCUT2D eigenvalue weighted by Gasteiger charge is -2.10. The van der Waals surface area contributed by atoms with Crippen molar-refractivity contribution in [2.45, 2.75) is 39.7 Å². The minimum Gasteiger partial charge on any atom is -0.494 e. The normalized spacial score (nSPS) is 10.3. The van der Waals surface area contributed by atoms with Crippen LogP contribution in [-0.4, -0.2) is 13.2 Å². The highest BCUT2D eigenvalue weighted by molar-refractivity contribution is 5.47. The van der Waals surface area contributed by atoms with Gasteiger partial charge in [-0.25, -0.2) is 0 Å². The van der Waals surface area contributed by atoms with Crippen LogP contribution in [-0.2, 0) is 6.54 Å². The van der Waals surface area contributed by atoms with Gasteiger partial charge in [0.2, 0.25) is 0 Å². The fourth-order valence-electron chi connectivity index (χ4n) is 2.13. The third-order valence-electron chi connectivity index (χ3n) is 3.51. The molecule has 2 aromatic rings. The minimum atomic E-state index is 0.763. The lowest BCUT2D eigenvalue weighted by molar-refractivity contribution is 0.309. The fraction of sp³-hybridized carbons (Fsp3) is 0.400. The van der Waals surface area contributed by atoms with Crippen molar-refractivity contribution >= 4 is 5.69 Å². The standard InChI is InChI=1S/C20H27NO2/c1-3-5-15-23-19-10-6-17(7-11-19)16-21-18-8-12-20(13-9-18)22-14-4-2/h6-13,21H,3-5,14-16H2,1-2H3. The molecule has 0 atom stereocenters. The van der Waals surface area contributed by atoms with Crippen molar-refractivity contribution in [1.29, 1.82) is 0 Å². The summed E-state index contributed by atoms with van der Waals surface area (Å²) < 4.78 is 11.3. The van der Waals surface area contributed by atoms with E-state index < -0.39 is 0 Å². The molecule has 0 bridgehead atoms. The molecule has 0 aliphatic heterocycles. The van der Waals surface area contributed by atoms with E-state index in [2.05, 4.69) is 31.3 Å². The molecule has 23 heavy (non-hydrogen) atoms. The molecule has 0 aliphatic carbocycles. The van der Waals surface area contributed by atoms with Crippen LogP contribution >= 0.6 is 0 Å². The van der Waals surface area contributed by atoms with E-state index in [1.54, 1.807) is 0 Å². The summed E-state index contributed by atoms with van der Waals surface area (Å²) in [4.78, 5) is 0. The molecule has 0 spiro atoms. The maximum atomic E-state index is 5.68. The van der Waals surface area contributed by atoms with Gasteiger partial charge in [0, 0.05) is 12.2 Å². The largest absolute Gasteiger partial charge is 0.494 e. The summed E-state index contributed by atoms with van der Waals surface area (Å²) in [5, 5.41) is 3.42. The Morgan fingerprint density at radius 3 is 1.96 bits per heavy atom. The number of hydrogen-bond donors (Lipinski definition) is 1. The van der Waals surface area contributed by atoms with Crippen molar-refractivity contribution in [1.82, 2.24) is 0 Å². The van der Waals surface area contributed by atoms with E-state index >= 15 is 0 Å². The van der Waals surface area contributed by atoms with Crippen LogP contribution in [0.25, 0.3) is 0 Å². The predicted octanol–water partition coefficient (Wildman–Crippen LogP) is 5.27. The highest BCUT2D eigenvalue weighted by Gasteiger charge is 1.98. The van der Waals surface area contributed by atoms with Crippen LogP contribution in [0.4, 0.5) is 5.69 Å². The van der Waals surface area contributed by atoms with Gasteiger partial charge in [-0.3, -0.25) is 0 Å². The van der Waals surface area contributed by atoms with Gasteiger partial charge in [-0.2, -0.15) is 0 Å². The third kappa shape index (κ3) is 6.23. The Morgan fingerprint density at radius 2 is 1.35 bits per heavy atom. The Morgan fingerprint density at radius 1 is 0.739 bits per heavy atom. The van der Waals surface area contributed by atoms with E-state index in [1.165, 1.54) is 5.56 Å². The van der Waals surface area contributed by atoms with Crippen molar-refractivity contribution in [3.63, 3.8) is 0 Å². The minimum absolute atomic E-state index is 0.763. The summed E-state index contributed by atoms with van der Waals surface area (Å²) in [6.45, 7) is 6.63. The zero-order valence-electron chi connectivity index (χ0n) is 14.2. The van der Waals surface area contributed by atoms with Crippen LogP contribution in [0.3, 0.4) is 0 Å². The second-order valence-electron chi connectivity index (χ2n) is 5.57. The molecule has 0 saturated heterocycles. The smallest absolute Gasteiger partial charge is 0.119 e. The van der Waals surface area contributed by atoms with E-state index in [1.807, 2.05) is 36.4 Å². The Balaban J connectivity index is 1.78. The van der Waals surface area contributed by atoms with Crippen molar-refractivity contribution in [3.8, 4) is 11.5 Å². The first-order chi connectivity index (χ1) is 11.3. The first-order valence-corrected chi connectivity index (χ1v) is 8.50. The van der Waals surface area contributed by atoms with Gasteiger partial charge in [0.05, 0.1) is 13.2 Å². The van der Waals surface area contributed by atoms with Crippen molar-refractivity contribution in [3.05, 3.63) is 54.1 Å². The van der Waals surface area contributed by atoms with Gasteiger partial charge >= 0.3 is 0 Å². The summed E-state index contributed by atoms with van der Waals surface area (Å²) >= 11 is 0. The molecule has 1 N–H and O–H groups in total. The van der Waals surface area contributed by atoms with Crippen LogP contribution in [0.15, 0.2) is 48.5 Å². The van der Waals surface area contributed by atoms with E-state index in [-0.39, 0.29) is 0 Å². The summed E-state index contributed by atoms with van der Waals surface area (Å²) in [6.07, 6.45) is 3.28. The van der Waals surface area contributed by atoms with E-state index in [0.717, 1.165) is 56.2 Å². The molecule has 2 rings (SSSR count). The zero-order chi connectivity index (χ0) is 16.3. The molecule has 3 nitrogen and oxygen atoms in total. The van der Waals surface area contributed by atoms with Gasteiger partial charge in [-0.05, 0) is 54.8 Å².